The molecule has 40 heavy (non-hydrogen) atoms. The van der Waals surface area contributed by atoms with Crippen molar-refractivity contribution in [2.24, 2.45) is 0 Å². The molecule has 1 atom stereocenters. The fraction of sp³-hybridized carbons (Fsp3) is 0.296. The number of piperazine rings is 1. The summed E-state index contributed by atoms with van der Waals surface area (Å²) in [6.45, 7) is 0.134. The highest BCUT2D eigenvalue weighted by molar-refractivity contribution is 7.89. The number of rotatable bonds is 4. The molecule has 13 heteroatoms. The summed E-state index contributed by atoms with van der Waals surface area (Å²) in [5.41, 5.74) is 2.62. The molecule has 2 heterocycles. The van der Waals surface area contributed by atoms with Crippen LogP contribution >= 0.6 is 34.8 Å². The van der Waals surface area contributed by atoms with Gasteiger partial charge in [-0.25, -0.2) is 8.42 Å². The van der Waals surface area contributed by atoms with Gasteiger partial charge in [-0.2, -0.15) is 17.5 Å². The molecular formula is C27H23Cl3F3N3O3S. The number of hydrogen-bond acceptors (Lipinski definition) is 4. The normalized spacial score (nSPS) is 18.5. The summed E-state index contributed by atoms with van der Waals surface area (Å²) in [6, 6.07) is 16.3. The van der Waals surface area contributed by atoms with Crippen LogP contribution in [0.4, 0.5) is 18.9 Å². The Labute approximate surface area is 244 Å². The van der Waals surface area contributed by atoms with Crippen LogP contribution in [0.15, 0.2) is 65.6 Å². The number of anilines is 1. The molecule has 0 N–H and O–H groups in total. The van der Waals surface area contributed by atoms with E-state index in [1.807, 2.05) is 17.0 Å². The predicted molar refractivity (Wildman–Crippen MR) is 148 cm³/mol. The number of alkyl halides is 3. The van der Waals surface area contributed by atoms with Gasteiger partial charge in [0.2, 0.25) is 10.0 Å². The van der Waals surface area contributed by atoms with E-state index < -0.39 is 28.1 Å². The zero-order valence-electron chi connectivity index (χ0n) is 20.8. The van der Waals surface area contributed by atoms with Gasteiger partial charge in [0.15, 0.2) is 0 Å². The molecule has 1 fully saturated rings. The molecule has 0 radical (unpaired) electrons. The van der Waals surface area contributed by atoms with Crippen molar-refractivity contribution in [2.45, 2.75) is 30.1 Å². The molecule has 6 nitrogen and oxygen atoms in total. The number of carbonyl (C=O) groups excluding carboxylic acids is 1. The Morgan fingerprint density at radius 3 is 2.23 bits per heavy atom. The van der Waals surface area contributed by atoms with Crippen molar-refractivity contribution in [2.75, 3.05) is 31.1 Å². The van der Waals surface area contributed by atoms with Crippen LogP contribution in [0, 0.1) is 0 Å². The molecule has 3 aromatic rings. The lowest BCUT2D eigenvalue weighted by molar-refractivity contribution is -0.186. The molecule has 0 aliphatic carbocycles. The van der Waals surface area contributed by atoms with E-state index in [1.54, 1.807) is 36.4 Å². The minimum Gasteiger partial charge on any atom is -0.361 e. The number of benzene rings is 3. The van der Waals surface area contributed by atoms with Gasteiger partial charge in [0, 0.05) is 42.8 Å². The summed E-state index contributed by atoms with van der Waals surface area (Å²) in [5, 5.41) is 1.43. The number of nitrogens with zero attached hydrogens (tertiary/aromatic N) is 3. The number of halogens is 6. The van der Waals surface area contributed by atoms with Crippen molar-refractivity contribution in [1.82, 2.24) is 9.21 Å². The van der Waals surface area contributed by atoms with Crippen molar-refractivity contribution < 1.29 is 26.4 Å². The topological polar surface area (TPSA) is 60.9 Å². The van der Waals surface area contributed by atoms with Crippen LogP contribution in [0.25, 0.3) is 0 Å². The summed E-state index contributed by atoms with van der Waals surface area (Å²) >= 11 is 18.7. The Kier molecular flexibility index (Phi) is 8.02. The average Bonchev–Trinajstić information content (AvgIpc) is 2.92. The van der Waals surface area contributed by atoms with Crippen LogP contribution < -0.4 is 4.90 Å². The maximum absolute atomic E-state index is 13.8. The van der Waals surface area contributed by atoms with Crippen LogP contribution in [0.5, 0.6) is 0 Å². The van der Waals surface area contributed by atoms with Crippen molar-refractivity contribution in [3.63, 3.8) is 0 Å². The van der Waals surface area contributed by atoms with E-state index in [0.717, 1.165) is 5.56 Å². The third kappa shape index (κ3) is 5.78. The fourth-order valence-electron chi connectivity index (χ4n) is 5.14. The molecule has 0 spiro atoms. The molecule has 2 aliphatic rings. The van der Waals surface area contributed by atoms with Gasteiger partial charge in [0.25, 0.3) is 0 Å². The summed E-state index contributed by atoms with van der Waals surface area (Å²) in [7, 11) is -4.03. The molecule has 0 bridgehead atoms. The highest BCUT2D eigenvalue weighted by atomic mass is 35.5. The Hall–Kier alpha value is -2.50. The summed E-state index contributed by atoms with van der Waals surface area (Å²) < 4.78 is 68.0. The van der Waals surface area contributed by atoms with E-state index in [9.17, 15) is 26.4 Å². The molecule has 5 rings (SSSR count). The Bertz CT molecular complexity index is 1550. The van der Waals surface area contributed by atoms with Gasteiger partial charge < -0.3 is 9.80 Å². The second-order valence-electron chi connectivity index (χ2n) is 9.62. The van der Waals surface area contributed by atoms with Crippen LogP contribution in [-0.2, 0) is 27.8 Å². The number of amides is 1. The Morgan fingerprint density at radius 1 is 0.850 bits per heavy atom. The fourth-order valence-corrected chi connectivity index (χ4v) is 7.28. The molecule has 3 aromatic carbocycles. The minimum atomic E-state index is -5.00. The number of sulfonamides is 1. The number of hydrogen-bond donors (Lipinski definition) is 0. The number of carbonyl (C=O) groups is 1. The minimum absolute atomic E-state index is 0.0413. The molecule has 0 aromatic heterocycles. The average molecular weight is 633 g/mol. The van der Waals surface area contributed by atoms with Crippen molar-refractivity contribution in [3.05, 3.63) is 92.4 Å². The van der Waals surface area contributed by atoms with E-state index in [1.165, 1.54) is 16.4 Å². The SMILES string of the molecule is O=C(N1CCc2ccc(S(=O)(=O)N3CCN(c4ccc(Cl)cc4Cl)C(c4ccc(Cl)cc4)C3)cc2C1)C(F)(F)F. The summed E-state index contributed by atoms with van der Waals surface area (Å²) in [6.07, 6.45) is -4.79. The van der Waals surface area contributed by atoms with Crippen molar-refractivity contribution >= 4 is 56.4 Å². The molecule has 1 unspecified atom stereocenters. The zero-order valence-corrected chi connectivity index (χ0v) is 23.9. The second-order valence-corrected chi connectivity index (χ2v) is 12.8. The maximum atomic E-state index is 13.8. The van der Waals surface area contributed by atoms with Gasteiger partial charge >= 0.3 is 12.1 Å². The molecule has 0 saturated carbocycles. The lowest BCUT2D eigenvalue weighted by Crippen LogP contribution is -2.50. The molecule has 2 aliphatic heterocycles. The van der Waals surface area contributed by atoms with Crippen LogP contribution in [0.1, 0.15) is 22.7 Å². The van der Waals surface area contributed by atoms with Gasteiger partial charge in [0.05, 0.1) is 21.6 Å². The third-order valence-electron chi connectivity index (χ3n) is 7.17. The van der Waals surface area contributed by atoms with E-state index in [4.69, 9.17) is 34.8 Å². The monoisotopic (exact) mass is 631 g/mol. The van der Waals surface area contributed by atoms with Crippen LogP contribution in [0.3, 0.4) is 0 Å². The first-order valence-corrected chi connectivity index (χ1v) is 14.9. The first kappa shape index (κ1) is 29.0. The van der Waals surface area contributed by atoms with Crippen molar-refractivity contribution in [3.8, 4) is 0 Å². The van der Waals surface area contributed by atoms with Gasteiger partial charge in [-0.1, -0.05) is 53.0 Å². The smallest absolute Gasteiger partial charge is 0.361 e. The van der Waals surface area contributed by atoms with Crippen molar-refractivity contribution in [1.29, 1.82) is 0 Å². The van der Waals surface area contributed by atoms with E-state index >= 15 is 0 Å². The Balaban J connectivity index is 1.45. The summed E-state index contributed by atoms with van der Waals surface area (Å²) in [4.78, 5) is 14.5. The van der Waals surface area contributed by atoms with Gasteiger partial charge in [0.1, 0.15) is 0 Å². The van der Waals surface area contributed by atoms with E-state index in [0.29, 0.717) is 43.3 Å². The standard InChI is InChI=1S/C27H23Cl3F3N3O3S/c28-20-4-1-18(2-5-20)25-16-35(11-12-36(25)24-8-6-21(29)14-23(24)30)40(38,39)22-7-3-17-9-10-34(15-19(17)13-22)26(37)27(31,32)33/h1-8,13-14,25H,9-12,15-16H2. The summed E-state index contributed by atoms with van der Waals surface area (Å²) in [5.74, 6) is -1.94. The lowest BCUT2D eigenvalue weighted by atomic mass is 10.00. The highest BCUT2D eigenvalue weighted by Crippen LogP contribution is 2.38. The van der Waals surface area contributed by atoms with E-state index in [-0.39, 0.29) is 37.5 Å². The third-order valence-corrected chi connectivity index (χ3v) is 9.83. The van der Waals surface area contributed by atoms with Gasteiger partial charge in [-0.15, -0.1) is 0 Å². The molecule has 212 valence electrons. The predicted octanol–water partition coefficient (Wildman–Crippen LogP) is 6.35. The van der Waals surface area contributed by atoms with E-state index in [2.05, 4.69) is 0 Å². The first-order valence-electron chi connectivity index (χ1n) is 12.3. The maximum Gasteiger partial charge on any atom is 0.471 e. The molecule has 1 saturated heterocycles. The molecule has 1 amide bonds. The van der Waals surface area contributed by atoms with Gasteiger partial charge in [-0.3, -0.25) is 4.79 Å². The largest absolute Gasteiger partial charge is 0.471 e. The number of fused-ring (bicyclic) bond motifs is 1. The Morgan fingerprint density at radius 2 is 1.55 bits per heavy atom. The van der Waals surface area contributed by atoms with Gasteiger partial charge in [-0.05, 0) is 65.6 Å². The second kappa shape index (κ2) is 11.1. The molecular weight excluding hydrogens is 610 g/mol. The highest BCUT2D eigenvalue weighted by Gasteiger charge is 2.43. The first-order chi connectivity index (χ1) is 18.8. The van der Waals surface area contributed by atoms with Crippen LogP contribution in [0.2, 0.25) is 15.1 Å². The van der Waals surface area contributed by atoms with Crippen LogP contribution in [-0.4, -0.2) is 55.9 Å². The zero-order chi connectivity index (χ0) is 28.8. The quantitative estimate of drug-likeness (QED) is 0.337. The lowest BCUT2D eigenvalue weighted by Gasteiger charge is -2.43.